The molecular weight excluding hydrogens is 332 g/mol. The zero-order valence-electron chi connectivity index (χ0n) is 7.40. The lowest BCUT2D eigenvalue weighted by Gasteiger charge is -2.06. The highest BCUT2D eigenvalue weighted by atomic mass is 79.9. The Morgan fingerprint density at radius 2 is 2.00 bits per heavy atom. The molecule has 0 amide bonds. The van der Waals surface area contributed by atoms with Crippen molar-refractivity contribution in [1.82, 2.24) is 4.98 Å². The summed E-state index contributed by atoms with van der Waals surface area (Å²) in [6.45, 7) is 0. The monoisotopic (exact) mass is 335 g/mol. The number of rotatable bonds is 1. The lowest BCUT2D eigenvalue weighted by Crippen LogP contribution is -1.93. The van der Waals surface area contributed by atoms with Gasteiger partial charge in [0, 0.05) is 11.5 Å². The molecule has 0 fully saturated rings. The van der Waals surface area contributed by atoms with Crippen molar-refractivity contribution in [3.05, 3.63) is 40.1 Å². The third kappa shape index (κ3) is 1.78. The van der Waals surface area contributed by atoms with Crippen molar-refractivity contribution in [2.24, 2.45) is 0 Å². The summed E-state index contributed by atoms with van der Waals surface area (Å²) in [5, 5.41) is 1.40. The zero-order chi connectivity index (χ0) is 11.0. The molecule has 0 aliphatic rings. The van der Waals surface area contributed by atoms with Crippen LogP contribution >= 0.6 is 31.9 Å². The third-order valence-corrected chi connectivity index (χ3v) is 3.33. The highest BCUT2D eigenvalue weighted by Crippen LogP contribution is 2.29. The third-order valence-electron chi connectivity index (χ3n) is 2.12. The summed E-state index contributed by atoms with van der Waals surface area (Å²) in [5.41, 5.74) is 0.826. The Kier molecular flexibility index (Phi) is 3.02. The minimum Gasteiger partial charge on any atom is -0.248 e. The van der Waals surface area contributed by atoms with Crippen LogP contribution in [0.2, 0.25) is 0 Å². The Bertz CT molecular complexity index is 528. The van der Waals surface area contributed by atoms with E-state index in [1.807, 2.05) is 0 Å². The predicted octanol–water partition coefficient (Wildman–Crippen LogP) is 4.17. The number of hydrogen-bond acceptors (Lipinski definition) is 1. The van der Waals surface area contributed by atoms with E-state index in [4.69, 9.17) is 0 Å². The van der Waals surface area contributed by atoms with Crippen molar-refractivity contribution in [3.63, 3.8) is 0 Å². The van der Waals surface area contributed by atoms with Crippen molar-refractivity contribution < 1.29 is 8.78 Å². The van der Waals surface area contributed by atoms with Crippen molar-refractivity contribution >= 4 is 42.6 Å². The fourth-order valence-corrected chi connectivity index (χ4v) is 2.33. The summed E-state index contributed by atoms with van der Waals surface area (Å²) in [7, 11) is 0. The molecule has 0 spiro atoms. The van der Waals surface area contributed by atoms with Gasteiger partial charge in [-0.05, 0) is 32.9 Å². The number of pyridine rings is 1. The molecule has 78 valence electrons. The first kappa shape index (κ1) is 11.0. The van der Waals surface area contributed by atoms with E-state index in [0.29, 0.717) is 15.3 Å². The van der Waals surface area contributed by atoms with Crippen LogP contribution in [0.5, 0.6) is 0 Å². The first-order valence-corrected chi connectivity index (χ1v) is 6.03. The van der Waals surface area contributed by atoms with Crippen LogP contribution in [0.3, 0.4) is 0 Å². The standard InChI is InChI=1S/C10H5Br2F2N/c11-3-5-4-15-10(12)8-6(5)1-2-7(13)9(8)14/h1-2,4H,3H2. The maximum atomic E-state index is 13.5. The van der Waals surface area contributed by atoms with Crippen LogP contribution in [0.15, 0.2) is 22.9 Å². The van der Waals surface area contributed by atoms with Crippen LogP contribution in [-0.2, 0) is 5.33 Å². The Hall–Kier alpha value is -0.550. The average molecular weight is 337 g/mol. The van der Waals surface area contributed by atoms with Crippen molar-refractivity contribution in [2.75, 3.05) is 0 Å². The number of halogens is 4. The molecule has 0 aliphatic heterocycles. The van der Waals surface area contributed by atoms with Crippen LogP contribution in [-0.4, -0.2) is 4.98 Å². The van der Waals surface area contributed by atoms with Crippen LogP contribution < -0.4 is 0 Å². The summed E-state index contributed by atoms with van der Waals surface area (Å²) < 4.78 is 26.9. The minimum absolute atomic E-state index is 0.187. The molecule has 0 radical (unpaired) electrons. The van der Waals surface area contributed by atoms with Gasteiger partial charge >= 0.3 is 0 Å². The van der Waals surface area contributed by atoms with E-state index in [1.165, 1.54) is 0 Å². The van der Waals surface area contributed by atoms with Gasteiger partial charge in [0.15, 0.2) is 11.6 Å². The normalized spacial score (nSPS) is 10.9. The van der Waals surface area contributed by atoms with Gasteiger partial charge in [-0.3, -0.25) is 0 Å². The fraction of sp³-hybridized carbons (Fsp3) is 0.100. The second kappa shape index (κ2) is 4.14. The van der Waals surface area contributed by atoms with Crippen molar-refractivity contribution in [3.8, 4) is 0 Å². The fourth-order valence-electron chi connectivity index (χ4n) is 1.40. The topological polar surface area (TPSA) is 12.9 Å². The molecule has 0 unspecified atom stereocenters. The molecular formula is C10H5Br2F2N. The molecule has 1 aromatic carbocycles. The van der Waals surface area contributed by atoms with Gasteiger partial charge in [-0.15, -0.1) is 0 Å². The van der Waals surface area contributed by atoms with E-state index in [-0.39, 0.29) is 5.39 Å². The maximum Gasteiger partial charge on any atom is 0.169 e. The average Bonchev–Trinajstić information content (AvgIpc) is 2.24. The lowest BCUT2D eigenvalue weighted by atomic mass is 10.1. The second-order valence-electron chi connectivity index (χ2n) is 2.99. The Balaban J connectivity index is 2.93. The number of benzene rings is 1. The largest absolute Gasteiger partial charge is 0.248 e. The molecule has 1 nitrogen and oxygen atoms in total. The molecule has 0 aliphatic carbocycles. The SMILES string of the molecule is Fc1ccc2c(CBr)cnc(Br)c2c1F. The molecule has 0 saturated carbocycles. The molecule has 15 heavy (non-hydrogen) atoms. The summed E-state index contributed by atoms with van der Waals surface area (Å²) in [5.74, 6) is -1.73. The summed E-state index contributed by atoms with van der Waals surface area (Å²) in [4.78, 5) is 3.96. The molecule has 5 heteroatoms. The number of nitrogens with zero attached hydrogens (tertiary/aromatic N) is 1. The van der Waals surface area contributed by atoms with E-state index in [1.54, 1.807) is 12.3 Å². The highest BCUT2D eigenvalue weighted by Gasteiger charge is 2.13. The van der Waals surface area contributed by atoms with Gasteiger partial charge in [0.1, 0.15) is 4.60 Å². The molecule has 0 atom stereocenters. The quantitative estimate of drug-likeness (QED) is 0.562. The van der Waals surface area contributed by atoms with Gasteiger partial charge in [0.05, 0.1) is 5.39 Å². The van der Waals surface area contributed by atoms with E-state index < -0.39 is 11.6 Å². The molecule has 2 rings (SSSR count). The molecule has 1 aromatic heterocycles. The lowest BCUT2D eigenvalue weighted by molar-refractivity contribution is 0.516. The molecule has 0 saturated heterocycles. The molecule has 0 bridgehead atoms. The van der Waals surface area contributed by atoms with E-state index in [2.05, 4.69) is 36.8 Å². The highest BCUT2D eigenvalue weighted by molar-refractivity contribution is 9.10. The van der Waals surface area contributed by atoms with E-state index >= 15 is 0 Å². The zero-order valence-corrected chi connectivity index (χ0v) is 10.6. The van der Waals surface area contributed by atoms with Crippen molar-refractivity contribution in [1.29, 1.82) is 0 Å². The van der Waals surface area contributed by atoms with Crippen molar-refractivity contribution in [2.45, 2.75) is 5.33 Å². The second-order valence-corrected chi connectivity index (χ2v) is 4.30. The number of alkyl halides is 1. The molecule has 1 heterocycles. The smallest absolute Gasteiger partial charge is 0.169 e. The summed E-state index contributed by atoms with van der Waals surface area (Å²) >= 11 is 6.39. The van der Waals surface area contributed by atoms with Crippen LogP contribution in [0.1, 0.15) is 5.56 Å². The number of aromatic nitrogens is 1. The maximum absolute atomic E-state index is 13.5. The first-order valence-electron chi connectivity index (χ1n) is 4.12. The Labute approximate surface area is 102 Å². The van der Waals surface area contributed by atoms with Gasteiger partial charge in [-0.25, -0.2) is 13.8 Å². The Morgan fingerprint density at radius 3 is 2.67 bits per heavy atom. The number of hydrogen-bond donors (Lipinski definition) is 0. The van der Waals surface area contributed by atoms with Crippen LogP contribution in [0.25, 0.3) is 10.8 Å². The van der Waals surface area contributed by atoms with E-state index in [0.717, 1.165) is 11.6 Å². The number of fused-ring (bicyclic) bond motifs is 1. The summed E-state index contributed by atoms with van der Waals surface area (Å²) in [6, 6.07) is 2.67. The van der Waals surface area contributed by atoms with Crippen LogP contribution in [0.4, 0.5) is 8.78 Å². The van der Waals surface area contributed by atoms with Gasteiger partial charge in [0.2, 0.25) is 0 Å². The first-order chi connectivity index (χ1) is 7.15. The van der Waals surface area contributed by atoms with Gasteiger partial charge in [0.25, 0.3) is 0 Å². The summed E-state index contributed by atoms with van der Waals surface area (Å²) in [6.07, 6.45) is 1.62. The Morgan fingerprint density at radius 1 is 1.27 bits per heavy atom. The van der Waals surface area contributed by atoms with Crippen LogP contribution in [0, 0.1) is 11.6 Å². The van der Waals surface area contributed by atoms with Gasteiger partial charge in [-0.1, -0.05) is 22.0 Å². The van der Waals surface area contributed by atoms with Gasteiger partial charge in [-0.2, -0.15) is 0 Å². The molecule has 0 N–H and O–H groups in total. The minimum atomic E-state index is -0.866. The van der Waals surface area contributed by atoms with Gasteiger partial charge < -0.3 is 0 Å². The molecule has 2 aromatic rings. The van der Waals surface area contributed by atoms with E-state index in [9.17, 15) is 8.78 Å². The predicted molar refractivity (Wildman–Crippen MR) is 62.0 cm³/mol.